The maximum atomic E-state index is 5.61. The quantitative estimate of drug-likeness (QED) is 0.761. The van der Waals surface area contributed by atoms with Gasteiger partial charge in [0, 0.05) is 43.0 Å². The third kappa shape index (κ3) is 5.11. The Labute approximate surface area is 163 Å². The molecule has 3 rings (SSSR count). The van der Waals surface area contributed by atoms with Gasteiger partial charge in [-0.05, 0) is 64.4 Å². The van der Waals surface area contributed by atoms with Crippen molar-refractivity contribution in [1.29, 1.82) is 0 Å². The molecular formula is C22H34N4O. The number of hydrogen-bond acceptors (Lipinski definition) is 4. The number of hydrogen-bond donors (Lipinski definition) is 1. The van der Waals surface area contributed by atoms with Crippen LogP contribution in [0, 0.1) is 6.92 Å². The number of ether oxygens (including phenoxy) is 1. The van der Waals surface area contributed by atoms with Crippen molar-refractivity contribution in [2.75, 3.05) is 20.2 Å². The van der Waals surface area contributed by atoms with E-state index in [0.717, 1.165) is 31.1 Å². The highest BCUT2D eigenvalue weighted by Crippen LogP contribution is 2.24. The van der Waals surface area contributed by atoms with Gasteiger partial charge in [0.25, 0.3) is 0 Å². The SMILES string of the molecule is CCn1cc(C(C)NCc2ccc(OC)c(CN3CCCCC3)c2)c(C)n1. The predicted molar refractivity (Wildman–Crippen MR) is 110 cm³/mol. The van der Waals surface area contributed by atoms with Gasteiger partial charge in [0.05, 0.1) is 12.8 Å². The molecule has 5 heteroatoms. The molecule has 1 fully saturated rings. The standard InChI is InChI=1S/C22H34N4O/c1-5-26-16-21(18(3)24-26)17(2)23-14-19-9-10-22(27-4)20(13-19)15-25-11-7-6-8-12-25/h9-10,13,16-17,23H,5-8,11-12,14-15H2,1-4H3. The smallest absolute Gasteiger partial charge is 0.123 e. The summed E-state index contributed by atoms with van der Waals surface area (Å²) in [4.78, 5) is 2.55. The van der Waals surface area contributed by atoms with Crippen LogP contribution in [0.2, 0.25) is 0 Å². The minimum atomic E-state index is 0.276. The van der Waals surface area contributed by atoms with Crippen LogP contribution in [0.25, 0.3) is 0 Å². The van der Waals surface area contributed by atoms with E-state index in [-0.39, 0.29) is 6.04 Å². The van der Waals surface area contributed by atoms with Crippen molar-refractivity contribution in [2.24, 2.45) is 0 Å². The first kappa shape index (κ1) is 19.9. The highest BCUT2D eigenvalue weighted by Gasteiger charge is 2.15. The average molecular weight is 371 g/mol. The molecule has 0 saturated carbocycles. The van der Waals surface area contributed by atoms with E-state index in [2.05, 4.69) is 60.5 Å². The first-order valence-electron chi connectivity index (χ1n) is 10.3. The summed E-state index contributed by atoms with van der Waals surface area (Å²) in [6, 6.07) is 6.86. The Balaban J connectivity index is 1.65. The number of nitrogens with one attached hydrogen (secondary N) is 1. The average Bonchev–Trinajstić information content (AvgIpc) is 3.08. The molecule has 0 spiro atoms. The van der Waals surface area contributed by atoms with Gasteiger partial charge in [0.15, 0.2) is 0 Å². The number of methoxy groups -OCH3 is 1. The lowest BCUT2D eigenvalue weighted by molar-refractivity contribution is 0.218. The molecule has 0 aliphatic carbocycles. The van der Waals surface area contributed by atoms with Gasteiger partial charge in [-0.2, -0.15) is 5.10 Å². The van der Waals surface area contributed by atoms with Crippen molar-refractivity contribution in [3.05, 3.63) is 46.8 Å². The lowest BCUT2D eigenvalue weighted by Crippen LogP contribution is -2.29. The van der Waals surface area contributed by atoms with E-state index in [1.54, 1.807) is 7.11 Å². The number of piperidine rings is 1. The van der Waals surface area contributed by atoms with E-state index < -0.39 is 0 Å². The normalized spacial score (nSPS) is 16.4. The number of aromatic nitrogens is 2. The van der Waals surface area contributed by atoms with Gasteiger partial charge in [-0.25, -0.2) is 0 Å². The Morgan fingerprint density at radius 2 is 2.00 bits per heavy atom. The van der Waals surface area contributed by atoms with E-state index in [0.29, 0.717) is 0 Å². The van der Waals surface area contributed by atoms with Gasteiger partial charge < -0.3 is 10.1 Å². The van der Waals surface area contributed by atoms with Gasteiger partial charge in [0.1, 0.15) is 5.75 Å². The second kappa shape index (κ2) is 9.38. The maximum absolute atomic E-state index is 5.61. The van der Waals surface area contributed by atoms with Crippen LogP contribution in [0.15, 0.2) is 24.4 Å². The van der Waals surface area contributed by atoms with Crippen LogP contribution in [0.1, 0.15) is 61.5 Å². The van der Waals surface area contributed by atoms with E-state index in [1.807, 2.05) is 4.68 Å². The molecule has 1 aromatic heterocycles. The van der Waals surface area contributed by atoms with Crippen molar-refractivity contribution in [2.45, 2.75) is 65.7 Å². The fourth-order valence-corrected chi connectivity index (χ4v) is 3.93. The first-order valence-corrected chi connectivity index (χ1v) is 10.3. The fraction of sp³-hybridized carbons (Fsp3) is 0.591. The Morgan fingerprint density at radius 3 is 2.67 bits per heavy atom. The summed E-state index contributed by atoms with van der Waals surface area (Å²) in [6.07, 6.45) is 6.14. The van der Waals surface area contributed by atoms with Crippen LogP contribution in [0.4, 0.5) is 0 Å². The minimum absolute atomic E-state index is 0.276. The fourth-order valence-electron chi connectivity index (χ4n) is 3.93. The van der Waals surface area contributed by atoms with Crippen LogP contribution in [-0.4, -0.2) is 34.9 Å². The van der Waals surface area contributed by atoms with Crippen molar-refractivity contribution >= 4 is 0 Å². The third-order valence-corrected chi connectivity index (χ3v) is 5.57. The molecule has 2 heterocycles. The van der Waals surface area contributed by atoms with Gasteiger partial charge in [-0.15, -0.1) is 0 Å². The molecule has 1 aromatic carbocycles. The zero-order valence-corrected chi connectivity index (χ0v) is 17.3. The number of aryl methyl sites for hydroxylation is 2. The molecule has 0 amide bonds. The number of likely N-dealkylation sites (tertiary alicyclic amines) is 1. The Kier molecular flexibility index (Phi) is 6.91. The van der Waals surface area contributed by atoms with Crippen molar-refractivity contribution in [3.63, 3.8) is 0 Å². The van der Waals surface area contributed by atoms with Crippen molar-refractivity contribution in [3.8, 4) is 5.75 Å². The van der Waals surface area contributed by atoms with Crippen LogP contribution < -0.4 is 10.1 Å². The third-order valence-electron chi connectivity index (χ3n) is 5.57. The number of benzene rings is 1. The number of nitrogens with zero attached hydrogens (tertiary/aromatic N) is 3. The second-order valence-electron chi connectivity index (χ2n) is 7.61. The highest BCUT2D eigenvalue weighted by atomic mass is 16.5. The van der Waals surface area contributed by atoms with Crippen molar-refractivity contribution < 1.29 is 4.74 Å². The number of rotatable bonds is 8. The molecule has 0 radical (unpaired) electrons. The molecule has 1 N–H and O–H groups in total. The van der Waals surface area contributed by atoms with Crippen LogP contribution >= 0.6 is 0 Å². The Morgan fingerprint density at radius 1 is 1.22 bits per heavy atom. The molecule has 5 nitrogen and oxygen atoms in total. The zero-order valence-electron chi connectivity index (χ0n) is 17.3. The Hall–Kier alpha value is -1.85. The lowest BCUT2D eigenvalue weighted by Gasteiger charge is -2.27. The van der Waals surface area contributed by atoms with Crippen LogP contribution in [0.5, 0.6) is 5.75 Å². The molecule has 1 saturated heterocycles. The zero-order chi connectivity index (χ0) is 19.2. The second-order valence-corrected chi connectivity index (χ2v) is 7.61. The summed E-state index contributed by atoms with van der Waals surface area (Å²) in [7, 11) is 1.77. The molecule has 1 unspecified atom stereocenters. The maximum Gasteiger partial charge on any atom is 0.123 e. The lowest BCUT2D eigenvalue weighted by atomic mass is 10.1. The van der Waals surface area contributed by atoms with Crippen LogP contribution in [0.3, 0.4) is 0 Å². The van der Waals surface area contributed by atoms with E-state index in [1.165, 1.54) is 49.0 Å². The van der Waals surface area contributed by atoms with Gasteiger partial charge in [-0.1, -0.05) is 12.5 Å². The molecular weight excluding hydrogens is 336 g/mol. The molecule has 1 aliphatic heterocycles. The van der Waals surface area contributed by atoms with Crippen LogP contribution in [-0.2, 0) is 19.6 Å². The summed E-state index contributed by atoms with van der Waals surface area (Å²) in [5, 5.41) is 8.22. The largest absolute Gasteiger partial charge is 0.496 e. The molecule has 148 valence electrons. The Bertz CT molecular complexity index is 734. The van der Waals surface area contributed by atoms with E-state index in [4.69, 9.17) is 4.74 Å². The predicted octanol–water partition coefficient (Wildman–Crippen LogP) is 4.06. The topological polar surface area (TPSA) is 42.3 Å². The first-order chi connectivity index (χ1) is 13.1. The highest BCUT2D eigenvalue weighted by molar-refractivity contribution is 5.37. The van der Waals surface area contributed by atoms with Gasteiger partial charge in [0.2, 0.25) is 0 Å². The van der Waals surface area contributed by atoms with Gasteiger partial charge in [-0.3, -0.25) is 9.58 Å². The summed E-state index contributed by atoms with van der Waals surface area (Å²) >= 11 is 0. The summed E-state index contributed by atoms with van der Waals surface area (Å²) < 4.78 is 7.62. The molecule has 1 atom stereocenters. The van der Waals surface area contributed by atoms with E-state index >= 15 is 0 Å². The molecule has 27 heavy (non-hydrogen) atoms. The molecule has 2 aromatic rings. The minimum Gasteiger partial charge on any atom is -0.496 e. The molecule has 0 bridgehead atoms. The molecule has 1 aliphatic rings. The summed E-state index contributed by atoms with van der Waals surface area (Å²) in [5.41, 5.74) is 4.98. The summed E-state index contributed by atoms with van der Waals surface area (Å²) in [6.45, 7) is 11.5. The van der Waals surface area contributed by atoms with Gasteiger partial charge >= 0.3 is 0 Å². The van der Waals surface area contributed by atoms with E-state index in [9.17, 15) is 0 Å². The summed E-state index contributed by atoms with van der Waals surface area (Å²) in [5.74, 6) is 0.998. The van der Waals surface area contributed by atoms with Crippen molar-refractivity contribution in [1.82, 2.24) is 20.0 Å². The monoisotopic (exact) mass is 370 g/mol.